The van der Waals surface area contributed by atoms with E-state index in [0.717, 1.165) is 0 Å². The molecule has 30 heavy (non-hydrogen) atoms. The molecule has 0 unspecified atom stereocenters. The molecule has 0 aliphatic carbocycles. The smallest absolute Gasteiger partial charge is 0.262 e. The zero-order valence-corrected chi connectivity index (χ0v) is 17.1. The molecule has 0 fully saturated rings. The number of rotatable bonds is 8. The molecule has 0 aliphatic rings. The third-order valence-corrected chi connectivity index (χ3v) is 3.85. The zero-order valence-electron chi connectivity index (χ0n) is 17.1. The molecule has 158 valence electrons. The summed E-state index contributed by atoms with van der Waals surface area (Å²) in [6, 6.07) is 9.34. The van der Waals surface area contributed by atoms with E-state index in [2.05, 4.69) is 16.0 Å². The van der Waals surface area contributed by atoms with E-state index in [4.69, 9.17) is 9.47 Å². The molecule has 0 radical (unpaired) electrons. The van der Waals surface area contributed by atoms with Crippen LogP contribution in [0.15, 0.2) is 36.4 Å². The van der Waals surface area contributed by atoms with Gasteiger partial charge in [-0.2, -0.15) is 0 Å². The largest absolute Gasteiger partial charge is 0.495 e. The van der Waals surface area contributed by atoms with Crippen molar-refractivity contribution in [2.75, 3.05) is 29.7 Å². The first kappa shape index (κ1) is 22.4. The number of benzene rings is 2. The molecular weight excluding hydrogens is 390 g/mol. The predicted molar refractivity (Wildman–Crippen MR) is 112 cm³/mol. The van der Waals surface area contributed by atoms with Crippen LogP contribution in [0.3, 0.4) is 0 Å². The van der Waals surface area contributed by atoms with Crippen LogP contribution >= 0.6 is 0 Å². The van der Waals surface area contributed by atoms with Crippen molar-refractivity contribution in [3.63, 3.8) is 0 Å². The molecule has 2 rings (SSSR count). The Balaban J connectivity index is 2.16. The fourth-order valence-electron chi connectivity index (χ4n) is 2.57. The van der Waals surface area contributed by atoms with Gasteiger partial charge in [0, 0.05) is 25.1 Å². The Hall–Kier alpha value is -3.88. The number of nitrogens with one attached hydrogen (secondary N) is 3. The monoisotopic (exact) mass is 413 g/mol. The lowest BCUT2D eigenvalue weighted by Crippen LogP contribution is -2.21. The zero-order chi connectivity index (χ0) is 22.3. The molecule has 0 saturated heterocycles. The van der Waals surface area contributed by atoms with E-state index in [-0.39, 0.29) is 30.0 Å². The van der Waals surface area contributed by atoms with Crippen LogP contribution in [0.25, 0.3) is 0 Å². The van der Waals surface area contributed by atoms with Gasteiger partial charge in [0.1, 0.15) is 11.5 Å². The number of carbonyl (C=O) groups excluding carboxylic acids is 4. The van der Waals surface area contributed by atoms with Gasteiger partial charge in [0.15, 0.2) is 12.4 Å². The van der Waals surface area contributed by atoms with Crippen LogP contribution < -0.4 is 25.4 Å². The molecule has 2 aromatic rings. The minimum absolute atomic E-state index is 0.182. The number of carbonyl (C=O) groups is 4. The lowest BCUT2D eigenvalue weighted by Gasteiger charge is -2.15. The quantitative estimate of drug-likeness (QED) is 0.572. The van der Waals surface area contributed by atoms with Gasteiger partial charge in [-0.1, -0.05) is 0 Å². The Morgan fingerprint density at radius 1 is 0.800 bits per heavy atom. The number of anilines is 3. The summed E-state index contributed by atoms with van der Waals surface area (Å²) in [7, 11) is 1.45. The third-order valence-electron chi connectivity index (χ3n) is 3.85. The maximum Gasteiger partial charge on any atom is 0.262 e. The summed E-state index contributed by atoms with van der Waals surface area (Å²) >= 11 is 0. The Morgan fingerprint density at radius 3 is 2.10 bits per heavy atom. The van der Waals surface area contributed by atoms with Crippen LogP contribution in [0.5, 0.6) is 11.5 Å². The topological polar surface area (TPSA) is 123 Å². The number of hydrogen-bond donors (Lipinski definition) is 3. The number of ether oxygens (including phenoxy) is 2. The molecule has 3 N–H and O–H groups in total. The van der Waals surface area contributed by atoms with Crippen LogP contribution in [-0.2, 0) is 14.4 Å². The normalized spacial score (nSPS) is 10.0. The van der Waals surface area contributed by atoms with E-state index < -0.39 is 5.91 Å². The van der Waals surface area contributed by atoms with Gasteiger partial charge in [-0.3, -0.25) is 19.2 Å². The van der Waals surface area contributed by atoms with Crippen molar-refractivity contribution < 1.29 is 28.7 Å². The number of methoxy groups -OCH3 is 1. The van der Waals surface area contributed by atoms with Crippen LogP contribution in [-0.4, -0.2) is 37.2 Å². The number of amides is 3. The minimum atomic E-state index is -0.504. The number of ketones is 1. The van der Waals surface area contributed by atoms with Gasteiger partial charge in [0.05, 0.1) is 18.5 Å². The highest BCUT2D eigenvalue weighted by Gasteiger charge is 2.13. The SMILES string of the molecule is COc1ccc(NC(C)=O)cc1NC(=O)COc1cc(C(C)=O)ccc1NC(C)=O. The fourth-order valence-corrected chi connectivity index (χ4v) is 2.57. The standard InChI is InChI=1S/C21H23N3O6/c1-12(25)15-5-7-17(23-14(3)27)20(9-15)30-11-21(28)24-18-10-16(22-13(2)26)6-8-19(18)29-4/h5-10H,11H2,1-4H3,(H,22,26)(H,23,27)(H,24,28). The molecular formula is C21H23N3O6. The molecule has 0 heterocycles. The van der Waals surface area contributed by atoms with Crippen LogP contribution in [0.1, 0.15) is 31.1 Å². The van der Waals surface area contributed by atoms with Gasteiger partial charge in [0.25, 0.3) is 5.91 Å². The van der Waals surface area contributed by atoms with Crippen molar-refractivity contribution in [1.82, 2.24) is 0 Å². The van der Waals surface area contributed by atoms with Crippen molar-refractivity contribution in [3.8, 4) is 11.5 Å². The number of hydrogen-bond acceptors (Lipinski definition) is 6. The van der Waals surface area contributed by atoms with E-state index >= 15 is 0 Å². The van der Waals surface area contributed by atoms with Crippen molar-refractivity contribution in [2.45, 2.75) is 20.8 Å². The molecule has 0 spiro atoms. The molecule has 0 aromatic heterocycles. The predicted octanol–water partition coefficient (Wildman–Crippen LogP) is 2.83. The average molecular weight is 413 g/mol. The summed E-state index contributed by atoms with van der Waals surface area (Å²) in [6.07, 6.45) is 0. The molecule has 2 aromatic carbocycles. The van der Waals surface area contributed by atoms with E-state index in [1.165, 1.54) is 40.0 Å². The maximum absolute atomic E-state index is 12.4. The summed E-state index contributed by atoms with van der Waals surface area (Å²) in [4.78, 5) is 46.7. The Morgan fingerprint density at radius 2 is 1.50 bits per heavy atom. The summed E-state index contributed by atoms with van der Waals surface area (Å²) in [5.41, 5.74) is 1.55. The van der Waals surface area contributed by atoms with Gasteiger partial charge in [-0.15, -0.1) is 0 Å². The van der Waals surface area contributed by atoms with E-state index in [9.17, 15) is 19.2 Å². The lowest BCUT2D eigenvalue weighted by atomic mass is 10.1. The molecule has 3 amide bonds. The first-order valence-electron chi connectivity index (χ1n) is 9.00. The second-order valence-electron chi connectivity index (χ2n) is 6.38. The summed E-state index contributed by atoms with van der Waals surface area (Å²) < 4.78 is 10.8. The summed E-state index contributed by atoms with van der Waals surface area (Å²) in [5.74, 6) is -0.675. The molecule has 0 atom stereocenters. The van der Waals surface area contributed by atoms with Gasteiger partial charge in [-0.25, -0.2) is 0 Å². The molecule has 0 aliphatic heterocycles. The first-order valence-corrected chi connectivity index (χ1v) is 9.00. The second-order valence-corrected chi connectivity index (χ2v) is 6.38. The highest BCUT2D eigenvalue weighted by atomic mass is 16.5. The van der Waals surface area contributed by atoms with Gasteiger partial charge in [0.2, 0.25) is 11.8 Å². The summed E-state index contributed by atoms with van der Waals surface area (Å²) in [6.45, 7) is 3.72. The Kier molecular flexibility index (Phi) is 7.51. The minimum Gasteiger partial charge on any atom is -0.495 e. The van der Waals surface area contributed by atoms with Crippen molar-refractivity contribution >= 4 is 40.6 Å². The van der Waals surface area contributed by atoms with Crippen LogP contribution in [0.4, 0.5) is 17.1 Å². The Bertz CT molecular complexity index is 987. The van der Waals surface area contributed by atoms with Crippen LogP contribution in [0, 0.1) is 0 Å². The van der Waals surface area contributed by atoms with Crippen LogP contribution in [0.2, 0.25) is 0 Å². The summed E-state index contributed by atoms with van der Waals surface area (Å²) in [5, 5.41) is 7.86. The second kappa shape index (κ2) is 10.1. The van der Waals surface area contributed by atoms with E-state index in [1.807, 2.05) is 0 Å². The molecule has 0 bridgehead atoms. The van der Waals surface area contributed by atoms with Crippen molar-refractivity contribution in [2.24, 2.45) is 0 Å². The molecule has 0 saturated carbocycles. The third kappa shape index (κ3) is 6.33. The molecule has 9 heteroatoms. The van der Waals surface area contributed by atoms with Gasteiger partial charge >= 0.3 is 0 Å². The Labute approximate surface area is 173 Å². The first-order chi connectivity index (χ1) is 14.2. The highest BCUT2D eigenvalue weighted by molar-refractivity contribution is 5.98. The molecule has 9 nitrogen and oxygen atoms in total. The van der Waals surface area contributed by atoms with Gasteiger partial charge < -0.3 is 25.4 Å². The lowest BCUT2D eigenvalue weighted by molar-refractivity contribution is -0.118. The van der Waals surface area contributed by atoms with Gasteiger partial charge in [-0.05, 0) is 43.3 Å². The number of Topliss-reactive ketones (excluding diaryl/α,β-unsaturated/α-hetero) is 1. The van der Waals surface area contributed by atoms with E-state index in [1.54, 1.807) is 24.3 Å². The average Bonchev–Trinajstić information content (AvgIpc) is 2.66. The fraction of sp³-hybridized carbons (Fsp3) is 0.238. The van der Waals surface area contributed by atoms with E-state index in [0.29, 0.717) is 28.4 Å². The van der Waals surface area contributed by atoms with Crippen molar-refractivity contribution in [1.29, 1.82) is 0 Å². The maximum atomic E-state index is 12.4. The highest BCUT2D eigenvalue weighted by Crippen LogP contribution is 2.29. The van der Waals surface area contributed by atoms with Crippen molar-refractivity contribution in [3.05, 3.63) is 42.0 Å².